The van der Waals surface area contributed by atoms with Gasteiger partial charge in [-0.3, -0.25) is 9.78 Å². The first-order valence-electron chi connectivity index (χ1n) is 9.36. The Kier molecular flexibility index (Phi) is 7.24. The van der Waals surface area contributed by atoms with Crippen LogP contribution in [0.15, 0.2) is 12.1 Å². The van der Waals surface area contributed by atoms with Crippen molar-refractivity contribution in [2.75, 3.05) is 31.1 Å². The fourth-order valence-corrected chi connectivity index (χ4v) is 3.32. The van der Waals surface area contributed by atoms with Gasteiger partial charge < -0.3 is 20.2 Å². The maximum atomic E-state index is 12.5. The first-order chi connectivity index (χ1) is 12.4. The molecule has 0 spiro atoms. The summed E-state index contributed by atoms with van der Waals surface area (Å²) in [7, 11) is 0. The van der Waals surface area contributed by atoms with Crippen LogP contribution in [0, 0.1) is 13.8 Å². The van der Waals surface area contributed by atoms with Gasteiger partial charge in [-0.05, 0) is 32.4 Å². The van der Waals surface area contributed by atoms with Crippen LogP contribution in [0.4, 0.5) is 10.5 Å². The van der Waals surface area contributed by atoms with Gasteiger partial charge in [0.2, 0.25) is 0 Å². The van der Waals surface area contributed by atoms with E-state index in [2.05, 4.69) is 34.3 Å². The van der Waals surface area contributed by atoms with E-state index in [9.17, 15) is 9.59 Å². The fourth-order valence-electron chi connectivity index (χ4n) is 3.32. The number of piperazine rings is 1. The zero-order valence-corrected chi connectivity index (χ0v) is 16.0. The van der Waals surface area contributed by atoms with Crippen molar-refractivity contribution in [2.24, 2.45) is 0 Å². The lowest BCUT2D eigenvalue weighted by molar-refractivity contribution is -0.137. The predicted octanol–water partition coefficient (Wildman–Crippen LogP) is 2.56. The van der Waals surface area contributed by atoms with Crippen molar-refractivity contribution in [2.45, 2.75) is 52.5 Å². The molecule has 0 saturated carbocycles. The van der Waals surface area contributed by atoms with E-state index in [1.54, 1.807) is 4.90 Å². The molecule has 1 aromatic heterocycles. The molecular formula is C19H30N4O3. The number of amides is 2. The van der Waals surface area contributed by atoms with Gasteiger partial charge in [-0.15, -0.1) is 0 Å². The standard InChI is InChI=1S/C19H30N4O3/c1-4-5-6-16(13-18(24)25)21-19(26)23-9-7-22(8-10-23)17-11-14(2)20-15(3)12-17/h11-12,16H,4-10,13H2,1-3H3,(H,21,26)(H,24,25)/t16-/m0/s1. The summed E-state index contributed by atoms with van der Waals surface area (Å²) in [6.45, 7) is 8.79. The molecule has 1 aliphatic rings. The monoisotopic (exact) mass is 362 g/mol. The van der Waals surface area contributed by atoms with Crippen LogP contribution in [0.3, 0.4) is 0 Å². The molecule has 0 radical (unpaired) electrons. The number of rotatable bonds is 7. The van der Waals surface area contributed by atoms with Crippen LogP contribution in [0.2, 0.25) is 0 Å². The van der Waals surface area contributed by atoms with Crippen molar-refractivity contribution < 1.29 is 14.7 Å². The van der Waals surface area contributed by atoms with Crippen LogP contribution in [0.1, 0.15) is 44.0 Å². The highest BCUT2D eigenvalue weighted by Gasteiger charge is 2.24. The number of hydrogen-bond donors (Lipinski definition) is 2. The third-order valence-electron chi connectivity index (χ3n) is 4.65. The number of aliphatic carboxylic acids is 1. The lowest BCUT2D eigenvalue weighted by Crippen LogP contribution is -2.53. The summed E-state index contributed by atoms with van der Waals surface area (Å²) in [5.41, 5.74) is 3.13. The van der Waals surface area contributed by atoms with E-state index >= 15 is 0 Å². The van der Waals surface area contributed by atoms with Gasteiger partial charge in [-0.1, -0.05) is 19.8 Å². The number of nitrogens with zero attached hydrogens (tertiary/aromatic N) is 3. The molecule has 1 atom stereocenters. The summed E-state index contributed by atoms with van der Waals surface area (Å²) in [6, 6.07) is 3.67. The van der Waals surface area contributed by atoms with Crippen molar-refractivity contribution in [1.29, 1.82) is 0 Å². The molecule has 7 nitrogen and oxygen atoms in total. The van der Waals surface area contributed by atoms with E-state index in [1.165, 1.54) is 0 Å². The van der Waals surface area contributed by atoms with E-state index in [-0.39, 0.29) is 18.5 Å². The van der Waals surface area contributed by atoms with Gasteiger partial charge in [-0.25, -0.2) is 4.79 Å². The van der Waals surface area contributed by atoms with Crippen LogP contribution in [-0.4, -0.2) is 59.2 Å². The molecule has 1 aliphatic heterocycles. The predicted molar refractivity (Wildman–Crippen MR) is 102 cm³/mol. The average molecular weight is 362 g/mol. The third kappa shape index (κ3) is 5.89. The lowest BCUT2D eigenvalue weighted by atomic mass is 10.1. The van der Waals surface area contributed by atoms with Gasteiger partial charge >= 0.3 is 12.0 Å². The summed E-state index contributed by atoms with van der Waals surface area (Å²) in [5.74, 6) is -0.875. The Hall–Kier alpha value is -2.31. The average Bonchev–Trinajstić information content (AvgIpc) is 2.58. The number of aryl methyl sites for hydroxylation is 2. The number of nitrogens with one attached hydrogen (secondary N) is 1. The SMILES string of the molecule is CCCC[C@@H](CC(=O)O)NC(=O)N1CCN(c2cc(C)nc(C)c2)CC1. The summed E-state index contributed by atoms with van der Waals surface area (Å²) in [4.78, 5) is 31.9. The Balaban J connectivity index is 1.89. The molecule has 2 N–H and O–H groups in total. The van der Waals surface area contributed by atoms with Crippen LogP contribution >= 0.6 is 0 Å². The minimum absolute atomic E-state index is 0.0265. The highest BCUT2D eigenvalue weighted by molar-refractivity contribution is 5.76. The molecular weight excluding hydrogens is 332 g/mol. The number of carbonyl (C=O) groups is 2. The molecule has 0 aliphatic carbocycles. The van der Waals surface area contributed by atoms with Crippen LogP contribution < -0.4 is 10.2 Å². The summed E-state index contributed by atoms with van der Waals surface area (Å²) in [5, 5.41) is 11.9. The van der Waals surface area contributed by atoms with Gasteiger partial charge in [-0.2, -0.15) is 0 Å². The van der Waals surface area contributed by atoms with Crippen molar-refractivity contribution in [1.82, 2.24) is 15.2 Å². The highest BCUT2D eigenvalue weighted by atomic mass is 16.4. The number of pyridine rings is 1. The number of aromatic nitrogens is 1. The molecule has 2 heterocycles. The number of carbonyl (C=O) groups excluding carboxylic acids is 1. The smallest absolute Gasteiger partial charge is 0.317 e. The summed E-state index contributed by atoms with van der Waals surface area (Å²) in [6.07, 6.45) is 2.56. The highest BCUT2D eigenvalue weighted by Crippen LogP contribution is 2.18. The zero-order chi connectivity index (χ0) is 19.1. The number of unbranched alkanes of at least 4 members (excludes halogenated alkanes) is 1. The topological polar surface area (TPSA) is 85.8 Å². The Morgan fingerprint density at radius 1 is 1.19 bits per heavy atom. The number of hydrogen-bond acceptors (Lipinski definition) is 4. The van der Waals surface area contributed by atoms with Crippen molar-refractivity contribution in [3.8, 4) is 0 Å². The normalized spacial score (nSPS) is 15.7. The molecule has 2 amide bonds. The van der Waals surface area contributed by atoms with E-state index in [1.807, 2.05) is 13.8 Å². The van der Waals surface area contributed by atoms with E-state index in [0.29, 0.717) is 19.5 Å². The quantitative estimate of drug-likeness (QED) is 0.779. The van der Waals surface area contributed by atoms with Gasteiger partial charge in [0, 0.05) is 49.3 Å². The number of carboxylic acids is 1. The lowest BCUT2D eigenvalue weighted by Gasteiger charge is -2.37. The second-order valence-electron chi connectivity index (χ2n) is 6.97. The Morgan fingerprint density at radius 3 is 2.35 bits per heavy atom. The van der Waals surface area contributed by atoms with Crippen molar-refractivity contribution >= 4 is 17.7 Å². The van der Waals surface area contributed by atoms with Gasteiger partial charge in [0.05, 0.1) is 6.42 Å². The number of anilines is 1. The Bertz CT molecular complexity index is 607. The minimum atomic E-state index is -0.875. The summed E-state index contributed by atoms with van der Waals surface area (Å²) >= 11 is 0. The molecule has 26 heavy (non-hydrogen) atoms. The summed E-state index contributed by atoms with van der Waals surface area (Å²) < 4.78 is 0. The largest absolute Gasteiger partial charge is 0.481 e. The molecule has 144 valence electrons. The van der Waals surface area contributed by atoms with Crippen LogP contribution in [0.25, 0.3) is 0 Å². The Morgan fingerprint density at radius 2 is 1.81 bits per heavy atom. The van der Waals surface area contributed by atoms with Crippen molar-refractivity contribution in [3.63, 3.8) is 0 Å². The maximum absolute atomic E-state index is 12.5. The molecule has 7 heteroatoms. The molecule has 1 saturated heterocycles. The zero-order valence-electron chi connectivity index (χ0n) is 16.0. The first kappa shape index (κ1) is 20.0. The maximum Gasteiger partial charge on any atom is 0.317 e. The van der Waals surface area contributed by atoms with E-state index in [4.69, 9.17) is 5.11 Å². The number of carboxylic acid groups (broad SMARTS) is 1. The van der Waals surface area contributed by atoms with E-state index < -0.39 is 5.97 Å². The van der Waals surface area contributed by atoms with Crippen molar-refractivity contribution in [3.05, 3.63) is 23.5 Å². The van der Waals surface area contributed by atoms with Gasteiger partial charge in [0.15, 0.2) is 0 Å². The second-order valence-corrected chi connectivity index (χ2v) is 6.97. The third-order valence-corrected chi connectivity index (χ3v) is 4.65. The van der Waals surface area contributed by atoms with Gasteiger partial charge in [0.1, 0.15) is 0 Å². The molecule has 2 rings (SSSR count). The Labute approximate surface area is 155 Å². The molecule has 0 aromatic carbocycles. The van der Waals surface area contributed by atoms with Gasteiger partial charge in [0.25, 0.3) is 0 Å². The fraction of sp³-hybridized carbons (Fsp3) is 0.632. The molecule has 1 aromatic rings. The molecule has 1 fully saturated rings. The second kappa shape index (κ2) is 9.40. The minimum Gasteiger partial charge on any atom is -0.481 e. The molecule has 0 bridgehead atoms. The van der Waals surface area contributed by atoms with Crippen LogP contribution in [-0.2, 0) is 4.79 Å². The number of urea groups is 1. The van der Waals surface area contributed by atoms with E-state index in [0.717, 1.165) is 43.0 Å². The van der Waals surface area contributed by atoms with Crippen LogP contribution in [0.5, 0.6) is 0 Å². The first-order valence-corrected chi connectivity index (χ1v) is 9.36. The molecule has 0 unspecified atom stereocenters.